The summed E-state index contributed by atoms with van der Waals surface area (Å²) in [6, 6.07) is 1.52. The van der Waals surface area contributed by atoms with E-state index in [1.807, 2.05) is 0 Å². The normalized spacial score (nSPS) is 10.5. The van der Waals surface area contributed by atoms with Gasteiger partial charge in [-0.1, -0.05) is 11.3 Å². The van der Waals surface area contributed by atoms with Crippen molar-refractivity contribution in [3.8, 4) is 11.9 Å². The number of nitrogens with zero attached hydrogens (tertiary/aromatic N) is 2. The minimum atomic E-state index is -0.319. The average molecular weight is 214 g/mol. The molecular formula is C8H7FN2O2S. The molecule has 0 saturated carbocycles. The van der Waals surface area contributed by atoms with Crippen molar-refractivity contribution in [3.05, 3.63) is 11.2 Å². The van der Waals surface area contributed by atoms with E-state index in [-0.39, 0.29) is 11.1 Å². The lowest BCUT2D eigenvalue weighted by molar-refractivity contribution is 0.357. The fourth-order valence-corrected chi connectivity index (χ4v) is 1.84. The van der Waals surface area contributed by atoms with Crippen LogP contribution in [0.5, 0.6) is 11.9 Å². The maximum atomic E-state index is 12.9. The largest absolute Gasteiger partial charge is 0.480 e. The number of fused-ring (bicyclic) bond motifs is 1. The highest BCUT2D eigenvalue weighted by Gasteiger charge is 2.12. The van der Waals surface area contributed by atoms with Gasteiger partial charge < -0.3 is 9.47 Å². The molecular weight excluding hydrogens is 207 g/mol. The minimum Gasteiger partial charge on any atom is -0.480 e. The summed E-state index contributed by atoms with van der Waals surface area (Å²) in [5.41, 5.74) is 0. The van der Waals surface area contributed by atoms with Crippen molar-refractivity contribution in [1.29, 1.82) is 0 Å². The predicted molar refractivity (Wildman–Crippen MR) is 50.5 cm³/mol. The van der Waals surface area contributed by atoms with E-state index in [4.69, 9.17) is 9.47 Å². The van der Waals surface area contributed by atoms with Gasteiger partial charge in [-0.3, -0.25) is 0 Å². The smallest absolute Gasteiger partial charge is 0.320 e. The van der Waals surface area contributed by atoms with Crippen molar-refractivity contribution in [2.24, 2.45) is 0 Å². The average Bonchev–Trinajstić information content (AvgIpc) is 2.56. The molecule has 2 aromatic rings. The Kier molecular flexibility index (Phi) is 2.20. The van der Waals surface area contributed by atoms with Crippen molar-refractivity contribution in [2.75, 3.05) is 14.2 Å². The van der Waals surface area contributed by atoms with Gasteiger partial charge >= 0.3 is 6.01 Å². The van der Waals surface area contributed by atoms with Gasteiger partial charge in [0.05, 0.1) is 19.6 Å². The Morgan fingerprint density at radius 1 is 1.29 bits per heavy atom. The molecule has 0 amide bonds. The summed E-state index contributed by atoms with van der Waals surface area (Å²) in [6.45, 7) is 0. The van der Waals surface area contributed by atoms with Crippen molar-refractivity contribution < 1.29 is 13.9 Å². The quantitative estimate of drug-likeness (QED) is 0.765. The van der Waals surface area contributed by atoms with Gasteiger partial charge in [-0.2, -0.15) is 14.4 Å². The van der Waals surface area contributed by atoms with Crippen molar-refractivity contribution in [3.63, 3.8) is 0 Å². The van der Waals surface area contributed by atoms with Gasteiger partial charge in [-0.05, 0) is 0 Å². The Bertz CT molecular complexity index is 472. The van der Waals surface area contributed by atoms with E-state index in [1.54, 1.807) is 0 Å². The summed E-state index contributed by atoms with van der Waals surface area (Å²) in [5, 5.41) is 0.247. The number of hydrogen-bond donors (Lipinski definition) is 0. The third-order valence-electron chi connectivity index (χ3n) is 1.68. The molecule has 0 aromatic carbocycles. The molecule has 6 heteroatoms. The van der Waals surface area contributed by atoms with Crippen LogP contribution in [0, 0.1) is 5.13 Å². The van der Waals surface area contributed by atoms with Crippen LogP contribution in [0.1, 0.15) is 0 Å². The number of aromatic nitrogens is 2. The fourth-order valence-electron chi connectivity index (χ4n) is 1.09. The lowest BCUT2D eigenvalue weighted by atomic mass is 10.4. The first kappa shape index (κ1) is 9.14. The van der Waals surface area contributed by atoms with Gasteiger partial charge in [0.1, 0.15) is 4.83 Å². The lowest BCUT2D eigenvalue weighted by Crippen LogP contribution is -1.94. The summed E-state index contributed by atoms with van der Waals surface area (Å²) >= 11 is 0.933. The molecule has 2 heterocycles. The summed E-state index contributed by atoms with van der Waals surface area (Å²) in [4.78, 5) is 8.44. The molecule has 0 radical (unpaired) electrons. The van der Waals surface area contributed by atoms with Crippen LogP contribution >= 0.6 is 11.3 Å². The first-order valence-electron chi connectivity index (χ1n) is 3.79. The fraction of sp³-hybridized carbons (Fsp3) is 0.250. The van der Waals surface area contributed by atoms with E-state index >= 15 is 0 Å². The van der Waals surface area contributed by atoms with E-state index in [2.05, 4.69) is 9.97 Å². The standard InChI is InChI=1S/C8H7FN2O2S/c1-12-6-4-3-5(9)14-7(4)11-8(10-6)13-2/h3H,1-2H3. The summed E-state index contributed by atoms with van der Waals surface area (Å²) < 4.78 is 22.8. The molecule has 0 bridgehead atoms. The Hall–Kier alpha value is -1.43. The van der Waals surface area contributed by atoms with Gasteiger partial charge in [0.25, 0.3) is 0 Å². The van der Waals surface area contributed by atoms with E-state index in [9.17, 15) is 4.39 Å². The third-order valence-corrected chi connectivity index (χ3v) is 2.50. The number of hydrogen-bond acceptors (Lipinski definition) is 5. The van der Waals surface area contributed by atoms with Crippen molar-refractivity contribution in [1.82, 2.24) is 9.97 Å². The molecule has 0 atom stereocenters. The van der Waals surface area contributed by atoms with Crippen molar-refractivity contribution in [2.45, 2.75) is 0 Å². The number of ether oxygens (including phenoxy) is 2. The van der Waals surface area contributed by atoms with Crippen LogP contribution in [0.15, 0.2) is 6.07 Å². The zero-order valence-electron chi connectivity index (χ0n) is 7.57. The molecule has 0 spiro atoms. The van der Waals surface area contributed by atoms with Gasteiger partial charge in [-0.15, -0.1) is 0 Å². The molecule has 14 heavy (non-hydrogen) atoms. The van der Waals surface area contributed by atoms with Crippen LogP contribution in [0.3, 0.4) is 0 Å². The van der Waals surface area contributed by atoms with E-state index < -0.39 is 0 Å². The van der Waals surface area contributed by atoms with E-state index in [0.717, 1.165) is 11.3 Å². The summed E-state index contributed by atoms with van der Waals surface area (Å²) in [7, 11) is 2.92. The van der Waals surface area contributed by atoms with Crippen LogP contribution < -0.4 is 9.47 Å². The van der Waals surface area contributed by atoms with Gasteiger partial charge in [0.15, 0.2) is 5.13 Å². The molecule has 0 aliphatic rings. The second-order valence-electron chi connectivity index (χ2n) is 2.49. The summed E-state index contributed by atoms with van der Waals surface area (Å²) in [6.07, 6.45) is 0. The van der Waals surface area contributed by atoms with Crippen LogP contribution in [-0.2, 0) is 0 Å². The minimum absolute atomic E-state index is 0.177. The van der Waals surface area contributed by atoms with Gasteiger partial charge in [0.2, 0.25) is 5.88 Å². The highest BCUT2D eigenvalue weighted by Crippen LogP contribution is 2.30. The first-order chi connectivity index (χ1) is 6.74. The predicted octanol–water partition coefficient (Wildman–Crippen LogP) is 1.85. The highest BCUT2D eigenvalue weighted by atomic mass is 32.1. The van der Waals surface area contributed by atoms with Crippen molar-refractivity contribution >= 4 is 21.6 Å². The molecule has 0 aliphatic heterocycles. The van der Waals surface area contributed by atoms with Gasteiger partial charge in [0, 0.05) is 6.07 Å². The first-order valence-corrected chi connectivity index (χ1v) is 4.61. The van der Waals surface area contributed by atoms with E-state index in [0.29, 0.717) is 16.1 Å². The maximum absolute atomic E-state index is 12.9. The number of thiophene rings is 1. The summed E-state index contributed by atoms with van der Waals surface area (Å²) in [5.74, 6) is 0.326. The van der Waals surface area contributed by atoms with Crippen LogP contribution in [0.4, 0.5) is 4.39 Å². The molecule has 0 N–H and O–H groups in total. The molecule has 0 unspecified atom stereocenters. The topological polar surface area (TPSA) is 44.2 Å². The highest BCUT2D eigenvalue weighted by molar-refractivity contribution is 7.17. The molecule has 2 aromatic heterocycles. The molecule has 2 rings (SSSR count). The second kappa shape index (κ2) is 3.38. The Labute approximate surface area is 83.3 Å². The number of halogens is 1. The zero-order valence-corrected chi connectivity index (χ0v) is 8.39. The molecule has 0 aliphatic carbocycles. The monoisotopic (exact) mass is 214 g/mol. The Morgan fingerprint density at radius 3 is 2.71 bits per heavy atom. The van der Waals surface area contributed by atoms with Crippen LogP contribution in [0.2, 0.25) is 0 Å². The van der Waals surface area contributed by atoms with Crippen LogP contribution in [0.25, 0.3) is 10.2 Å². The lowest BCUT2D eigenvalue weighted by Gasteiger charge is -2.01. The third kappa shape index (κ3) is 1.37. The molecule has 0 saturated heterocycles. The number of methoxy groups -OCH3 is 2. The van der Waals surface area contributed by atoms with Gasteiger partial charge in [-0.25, -0.2) is 0 Å². The second-order valence-corrected chi connectivity index (χ2v) is 3.47. The number of rotatable bonds is 2. The van der Waals surface area contributed by atoms with Crippen LogP contribution in [-0.4, -0.2) is 24.2 Å². The van der Waals surface area contributed by atoms with E-state index in [1.165, 1.54) is 20.3 Å². The molecule has 4 nitrogen and oxygen atoms in total. The molecule has 74 valence electrons. The SMILES string of the molecule is COc1nc(OC)c2cc(F)sc2n1. The zero-order chi connectivity index (χ0) is 10.1. The molecule has 0 fully saturated rings. The Balaban J connectivity index is 2.72. The Morgan fingerprint density at radius 2 is 2.07 bits per heavy atom. The maximum Gasteiger partial charge on any atom is 0.320 e.